The third-order valence-corrected chi connectivity index (χ3v) is 6.75. The summed E-state index contributed by atoms with van der Waals surface area (Å²) in [7, 11) is -0.0722. The third kappa shape index (κ3) is 6.63. The fourth-order valence-electron chi connectivity index (χ4n) is 3.31. The zero-order chi connectivity index (χ0) is 24.0. The number of carbonyl (C=O) groups excluding carboxylic acids is 1. The van der Waals surface area contributed by atoms with Crippen LogP contribution in [-0.2, 0) is 16.4 Å². The number of anilines is 1. The number of amides is 1. The minimum Gasteiger partial charge on any atom is -0.350 e. The number of sulfonamides is 1. The first kappa shape index (κ1) is 24.4. The van der Waals surface area contributed by atoms with E-state index in [1.165, 1.54) is 29.8 Å². The van der Waals surface area contributed by atoms with Gasteiger partial charge in [-0.15, -0.1) is 0 Å². The Morgan fingerprint density at radius 3 is 2.39 bits per heavy atom. The Bertz CT molecular complexity index is 1210. The molecule has 1 amide bonds. The molecule has 0 spiro atoms. The van der Waals surface area contributed by atoms with Gasteiger partial charge >= 0.3 is 0 Å². The van der Waals surface area contributed by atoms with Crippen molar-refractivity contribution in [3.8, 4) is 0 Å². The summed E-state index contributed by atoms with van der Waals surface area (Å²) in [5, 5.41) is 2.93. The number of nitrogens with zero attached hydrogens (tertiary/aromatic N) is 1. The lowest BCUT2D eigenvalue weighted by Gasteiger charge is -2.25. The van der Waals surface area contributed by atoms with Crippen LogP contribution in [0.4, 0.5) is 10.1 Å². The van der Waals surface area contributed by atoms with Gasteiger partial charge in [0.2, 0.25) is 0 Å². The van der Waals surface area contributed by atoms with Gasteiger partial charge in [-0.3, -0.25) is 9.52 Å². The number of rotatable bonds is 9. The van der Waals surface area contributed by atoms with Gasteiger partial charge in [-0.1, -0.05) is 42.5 Å². The van der Waals surface area contributed by atoms with Crippen molar-refractivity contribution in [1.82, 2.24) is 10.2 Å². The van der Waals surface area contributed by atoms with Gasteiger partial charge in [0.05, 0.1) is 4.90 Å². The standard InChI is InChI=1S/C25H28FN3O3S/c1-18-12-13-23(16-24(18)26)33(31,32)28-21-11-7-10-20(15-21)25(30)27-17-22(29(2)3)14-19-8-5-4-6-9-19/h4-13,15-16,22,28H,14,17H2,1-3H3,(H,27,30)/t22-/m1/s1. The maximum absolute atomic E-state index is 13.8. The van der Waals surface area contributed by atoms with Gasteiger partial charge in [0.1, 0.15) is 5.82 Å². The number of aryl methyl sites for hydroxylation is 1. The molecule has 0 unspecified atom stereocenters. The fraction of sp³-hybridized carbons (Fsp3) is 0.240. The number of carbonyl (C=O) groups is 1. The Morgan fingerprint density at radius 1 is 1.00 bits per heavy atom. The van der Waals surface area contributed by atoms with Crippen molar-refractivity contribution in [3.05, 3.63) is 95.3 Å². The van der Waals surface area contributed by atoms with Crippen LogP contribution < -0.4 is 10.0 Å². The maximum Gasteiger partial charge on any atom is 0.261 e. The Labute approximate surface area is 194 Å². The predicted molar refractivity (Wildman–Crippen MR) is 128 cm³/mol. The smallest absolute Gasteiger partial charge is 0.261 e. The number of likely N-dealkylation sites (N-methyl/N-ethyl adjacent to an activating group) is 1. The molecule has 0 saturated heterocycles. The zero-order valence-electron chi connectivity index (χ0n) is 18.9. The molecule has 0 aromatic heterocycles. The summed E-state index contributed by atoms with van der Waals surface area (Å²) in [6.07, 6.45) is 0.779. The van der Waals surface area contributed by atoms with E-state index in [-0.39, 0.29) is 22.5 Å². The molecule has 6 nitrogen and oxygen atoms in total. The number of halogens is 1. The van der Waals surface area contributed by atoms with Crippen molar-refractivity contribution in [2.75, 3.05) is 25.4 Å². The van der Waals surface area contributed by atoms with E-state index < -0.39 is 15.8 Å². The molecule has 1 atom stereocenters. The Balaban J connectivity index is 1.68. The van der Waals surface area contributed by atoms with Crippen molar-refractivity contribution in [3.63, 3.8) is 0 Å². The summed E-state index contributed by atoms with van der Waals surface area (Å²) in [5.41, 5.74) is 2.07. The van der Waals surface area contributed by atoms with E-state index in [1.54, 1.807) is 19.1 Å². The van der Waals surface area contributed by atoms with Crippen molar-refractivity contribution in [2.45, 2.75) is 24.3 Å². The van der Waals surface area contributed by atoms with Crippen LogP contribution in [0, 0.1) is 12.7 Å². The van der Waals surface area contributed by atoms with Crippen molar-refractivity contribution in [2.24, 2.45) is 0 Å². The molecular formula is C25H28FN3O3S. The Hall–Kier alpha value is -3.23. The second-order valence-electron chi connectivity index (χ2n) is 8.11. The summed E-state index contributed by atoms with van der Waals surface area (Å²) in [5.74, 6) is -0.908. The monoisotopic (exact) mass is 469 g/mol. The van der Waals surface area contributed by atoms with Crippen LogP contribution in [0.3, 0.4) is 0 Å². The van der Waals surface area contributed by atoms with Crippen molar-refractivity contribution in [1.29, 1.82) is 0 Å². The first-order valence-electron chi connectivity index (χ1n) is 10.5. The maximum atomic E-state index is 13.8. The van der Waals surface area contributed by atoms with Crippen LogP contribution in [0.25, 0.3) is 0 Å². The lowest BCUT2D eigenvalue weighted by molar-refractivity contribution is 0.0941. The second kappa shape index (κ2) is 10.6. The molecule has 0 radical (unpaired) electrons. The van der Waals surface area contributed by atoms with Crippen LogP contribution in [0.2, 0.25) is 0 Å². The number of hydrogen-bond donors (Lipinski definition) is 2. The summed E-state index contributed by atoms with van der Waals surface area (Å²) in [6, 6.07) is 20.0. The molecule has 33 heavy (non-hydrogen) atoms. The molecule has 0 aliphatic carbocycles. The first-order valence-corrected chi connectivity index (χ1v) is 12.0. The van der Waals surface area contributed by atoms with Crippen molar-refractivity contribution >= 4 is 21.6 Å². The van der Waals surface area contributed by atoms with Gasteiger partial charge in [0.15, 0.2) is 0 Å². The van der Waals surface area contributed by atoms with Gasteiger partial charge in [-0.25, -0.2) is 12.8 Å². The zero-order valence-corrected chi connectivity index (χ0v) is 19.7. The molecule has 3 rings (SSSR count). The molecule has 3 aromatic rings. The summed E-state index contributed by atoms with van der Waals surface area (Å²) in [6.45, 7) is 1.99. The fourth-order valence-corrected chi connectivity index (χ4v) is 4.38. The van der Waals surface area contributed by atoms with E-state index in [1.807, 2.05) is 44.4 Å². The molecule has 2 N–H and O–H groups in total. The Kier molecular flexibility index (Phi) is 7.84. The van der Waals surface area contributed by atoms with Gasteiger partial charge in [0.25, 0.3) is 15.9 Å². The topological polar surface area (TPSA) is 78.5 Å². The quantitative estimate of drug-likeness (QED) is 0.499. The highest BCUT2D eigenvalue weighted by Crippen LogP contribution is 2.19. The average molecular weight is 470 g/mol. The molecule has 0 aliphatic rings. The third-order valence-electron chi connectivity index (χ3n) is 5.37. The molecule has 174 valence electrons. The predicted octanol–water partition coefficient (Wildman–Crippen LogP) is 3.84. The molecule has 0 heterocycles. The van der Waals surface area contributed by atoms with E-state index in [0.29, 0.717) is 17.7 Å². The summed E-state index contributed by atoms with van der Waals surface area (Å²) < 4.78 is 41.5. The van der Waals surface area contributed by atoms with E-state index in [4.69, 9.17) is 0 Å². The SMILES string of the molecule is Cc1ccc(S(=O)(=O)Nc2cccc(C(=O)NC[C@@H](Cc3ccccc3)N(C)C)c2)cc1F. The molecular weight excluding hydrogens is 441 g/mol. The van der Waals surface area contributed by atoms with E-state index in [0.717, 1.165) is 12.5 Å². The van der Waals surface area contributed by atoms with Crippen LogP contribution in [0.1, 0.15) is 21.5 Å². The molecule has 0 saturated carbocycles. The number of nitrogens with one attached hydrogen (secondary N) is 2. The van der Waals surface area contributed by atoms with Gasteiger partial charge in [-0.2, -0.15) is 0 Å². The molecule has 0 bridgehead atoms. The van der Waals surface area contributed by atoms with Crippen LogP contribution in [-0.4, -0.2) is 45.9 Å². The highest BCUT2D eigenvalue weighted by Gasteiger charge is 2.18. The largest absolute Gasteiger partial charge is 0.350 e. The number of benzene rings is 3. The lowest BCUT2D eigenvalue weighted by Crippen LogP contribution is -2.41. The van der Waals surface area contributed by atoms with E-state index in [2.05, 4.69) is 14.9 Å². The van der Waals surface area contributed by atoms with Gasteiger partial charge in [0, 0.05) is 23.8 Å². The minimum absolute atomic E-state index is 0.0921. The van der Waals surface area contributed by atoms with Gasteiger partial charge in [-0.05, 0) is 68.9 Å². The van der Waals surface area contributed by atoms with E-state index in [9.17, 15) is 17.6 Å². The van der Waals surface area contributed by atoms with E-state index >= 15 is 0 Å². The minimum atomic E-state index is -3.99. The van der Waals surface area contributed by atoms with Crippen LogP contribution in [0.15, 0.2) is 77.7 Å². The second-order valence-corrected chi connectivity index (χ2v) is 9.80. The first-order chi connectivity index (χ1) is 15.7. The van der Waals surface area contributed by atoms with Crippen molar-refractivity contribution < 1.29 is 17.6 Å². The van der Waals surface area contributed by atoms with Gasteiger partial charge < -0.3 is 10.2 Å². The summed E-state index contributed by atoms with van der Waals surface area (Å²) >= 11 is 0. The van der Waals surface area contributed by atoms with Crippen LogP contribution >= 0.6 is 0 Å². The molecule has 8 heteroatoms. The molecule has 3 aromatic carbocycles. The lowest BCUT2D eigenvalue weighted by atomic mass is 10.0. The highest BCUT2D eigenvalue weighted by molar-refractivity contribution is 7.92. The molecule has 0 aliphatic heterocycles. The highest BCUT2D eigenvalue weighted by atomic mass is 32.2. The average Bonchev–Trinajstić information content (AvgIpc) is 2.78. The van der Waals surface area contributed by atoms with Crippen LogP contribution in [0.5, 0.6) is 0 Å². The molecule has 0 fully saturated rings. The summed E-state index contributed by atoms with van der Waals surface area (Å²) in [4.78, 5) is 14.6. The normalized spacial score (nSPS) is 12.4. The number of hydrogen-bond acceptors (Lipinski definition) is 4. The Morgan fingerprint density at radius 2 is 1.73 bits per heavy atom.